The molecule has 0 saturated heterocycles. The van der Waals surface area contributed by atoms with E-state index in [-0.39, 0.29) is 29.5 Å². The lowest BCUT2D eigenvalue weighted by Crippen LogP contribution is -2.36. The fraction of sp³-hybridized carbons (Fsp3) is 0.381. The van der Waals surface area contributed by atoms with Crippen LogP contribution >= 0.6 is 0 Å². The van der Waals surface area contributed by atoms with E-state index in [1.54, 1.807) is 6.92 Å². The third kappa shape index (κ3) is 6.93. The molecule has 0 saturated carbocycles. The van der Waals surface area contributed by atoms with Gasteiger partial charge >= 0.3 is 0 Å². The van der Waals surface area contributed by atoms with E-state index in [9.17, 15) is 13.2 Å². The summed E-state index contributed by atoms with van der Waals surface area (Å²) in [5.74, 6) is -0.259. The Morgan fingerprint density at radius 2 is 1.69 bits per heavy atom. The summed E-state index contributed by atoms with van der Waals surface area (Å²) in [4.78, 5) is 14.8. The van der Waals surface area contributed by atoms with Gasteiger partial charge in [-0.2, -0.15) is 0 Å². The standard InChI is InChI=1S/C21H29N3O4S/c1-16(15-28-4)23-29(26,27)19-12-10-18(11-13-19)21(25)22-20(14-24(2)3)17-8-6-5-7-9-17/h5-13,16,20,23H,14-15H2,1-4H3,(H,22,25)/t16-,20-/m1/s1. The number of carbonyl (C=O) groups excluding carboxylic acids is 1. The Hall–Kier alpha value is -2.26. The number of ether oxygens (including phenoxy) is 1. The van der Waals surface area contributed by atoms with Crippen molar-refractivity contribution in [2.24, 2.45) is 0 Å². The normalized spacial score (nSPS) is 13.8. The fourth-order valence-corrected chi connectivity index (χ4v) is 4.16. The molecular weight excluding hydrogens is 390 g/mol. The molecule has 0 bridgehead atoms. The van der Waals surface area contributed by atoms with Crippen LogP contribution in [0.3, 0.4) is 0 Å². The summed E-state index contributed by atoms with van der Waals surface area (Å²) in [6, 6.07) is 15.1. The summed E-state index contributed by atoms with van der Waals surface area (Å²) < 4.78 is 32.3. The average Bonchev–Trinajstić information content (AvgIpc) is 2.67. The Morgan fingerprint density at radius 1 is 1.07 bits per heavy atom. The molecule has 29 heavy (non-hydrogen) atoms. The van der Waals surface area contributed by atoms with E-state index in [2.05, 4.69) is 10.0 Å². The number of nitrogens with zero attached hydrogens (tertiary/aromatic N) is 1. The number of carbonyl (C=O) groups is 1. The molecule has 2 rings (SSSR count). The Bertz CT molecular complexity index is 884. The van der Waals surface area contributed by atoms with E-state index in [4.69, 9.17) is 4.74 Å². The Kier molecular flexibility index (Phi) is 8.33. The first-order valence-corrected chi connectivity index (χ1v) is 10.8. The molecule has 0 aliphatic heterocycles. The van der Waals surface area contributed by atoms with Crippen molar-refractivity contribution in [3.05, 3.63) is 65.7 Å². The lowest BCUT2D eigenvalue weighted by molar-refractivity contribution is 0.0930. The van der Waals surface area contributed by atoms with Gasteiger partial charge in [0.1, 0.15) is 0 Å². The van der Waals surface area contributed by atoms with Crippen molar-refractivity contribution in [1.29, 1.82) is 0 Å². The molecule has 7 nitrogen and oxygen atoms in total. The molecular formula is C21H29N3O4S. The fourth-order valence-electron chi connectivity index (χ4n) is 2.93. The van der Waals surface area contributed by atoms with Crippen molar-refractivity contribution in [2.45, 2.75) is 23.9 Å². The highest BCUT2D eigenvalue weighted by atomic mass is 32.2. The lowest BCUT2D eigenvalue weighted by atomic mass is 10.1. The van der Waals surface area contributed by atoms with Gasteiger partial charge in [0.25, 0.3) is 5.91 Å². The second-order valence-corrected chi connectivity index (χ2v) is 8.92. The number of sulfonamides is 1. The predicted molar refractivity (Wildman–Crippen MR) is 113 cm³/mol. The van der Waals surface area contributed by atoms with E-state index in [0.717, 1.165) is 5.56 Å². The van der Waals surface area contributed by atoms with Crippen LogP contribution in [0.15, 0.2) is 59.5 Å². The average molecular weight is 420 g/mol. The number of rotatable bonds is 10. The van der Waals surface area contributed by atoms with Crippen LogP contribution in [0.2, 0.25) is 0 Å². The molecule has 0 spiro atoms. The van der Waals surface area contributed by atoms with Crippen LogP contribution in [0.5, 0.6) is 0 Å². The van der Waals surface area contributed by atoms with Gasteiger partial charge in [0.05, 0.1) is 17.5 Å². The van der Waals surface area contributed by atoms with Gasteiger partial charge in [0.2, 0.25) is 10.0 Å². The Labute approximate surface area is 173 Å². The Morgan fingerprint density at radius 3 is 2.24 bits per heavy atom. The van der Waals surface area contributed by atoms with Gasteiger partial charge in [-0.15, -0.1) is 0 Å². The number of amides is 1. The number of methoxy groups -OCH3 is 1. The molecule has 0 heterocycles. The maximum atomic E-state index is 12.7. The first-order valence-electron chi connectivity index (χ1n) is 9.35. The quantitative estimate of drug-likeness (QED) is 0.615. The van der Waals surface area contributed by atoms with Crippen LogP contribution in [0.1, 0.15) is 28.9 Å². The van der Waals surface area contributed by atoms with Crippen LogP contribution < -0.4 is 10.0 Å². The number of hydrogen-bond acceptors (Lipinski definition) is 5. The molecule has 8 heteroatoms. The molecule has 2 atom stereocenters. The second kappa shape index (κ2) is 10.5. The zero-order chi connectivity index (χ0) is 21.4. The minimum absolute atomic E-state index is 0.102. The van der Waals surface area contributed by atoms with Crippen LogP contribution in [-0.4, -0.2) is 59.6 Å². The third-order valence-electron chi connectivity index (χ3n) is 4.25. The number of likely N-dealkylation sites (N-methyl/N-ethyl adjacent to an activating group) is 1. The minimum Gasteiger partial charge on any atom is -0.383 e. The van der Waals surface area contributed by atoms with E-state index in [0.29, 0.717) is 12.1 Å². The molecule has 0 aliphatic rings. The third-order valence-corrected chi connectivity index (χ3v) is 5.86. The number of benzene rings is 2. The van der Waals surface area contributed by atoms with Crippen molar-refractivity contribution in [2.75, 3.05) is 34.4 Å². The number of hydrogen-bond donors (Lipinski definition) is 2. The maximum absolute atomic E-state index is 12.7. The van der Waals surface area contributed by atoms with Gasteiger partial charge in [0.15, 0.2) is 0 Å². The minimum atomic E-state index is -3.67. The van der Waals surface area contributed by atoms with Crippen molar-refractivity contribution >= 4 is 15.9 Å². The molecule has 158 valence electrons. The van der Waals surface area contributed by atoms with Crippen LogP contribution in [0.4, 0.5) is 0 Å². The van der Waals surface area contributed by atoms with Crippen LogP contribution in [-0.2, 0) is 14.8 Å². The van der Waals surface area contributed by atoms with Crippen molar-refractivity contribution in [1.82, 2.24) is 14.9 Å². The van der Waals surface area contributed by atoms with E-state index < -0.39 is 10.0 Å². The molecule has 2 aromatic rings. The van der Waals surface area contributed by atoms with Crippen molar-refractivity contribution in [3.63, 3.8) is 0 Å². The smallest absolute Gasteiger partial charge is 0.251 e. The predicted octanol–water partition coefficient (Wildman–Crippen LogP) is 2.03. The van der Waals surface area contributed by atoms with Crippen LogP contribution in [0.25, 0.3) is 0 Å². The number of nitrogens with one attached hydrogen (secondary N) is 2. The van der Waals surface area contributed by atoms with Gasteiger partial charge in [-0.3, -0.25) is 4.79 Å². The summed E-state index contributed by atoms with van der Waals surface area (Å²) in [5.41, 5.74) is 1.40. The molecule has 0 unspecified atom stereocenters. The molecule has 0 aromatic heterocycles. The van der Waals surface area contributed by atoms with E-state index >= 15 is 0 Å². The van der Waals surface area contributed by atoms with Gasteiger partial charge in [-0.1, -0.05) is 30.3 Å². The molecule has 0 fully saturated rings. The second-order valence-electron chi connectivity index (χ2n) is 7.20. The zero-order valence-electron chi connectivity index (χ0n) is 17.3. The topological polar surface area (TPSA) is 87.7 Å². The SMILES string of the molecule is COC[C@@H](C)NS(=O)(=O)c1ccc(C(=O)N[C@H](CN(C)C)c2ccccc2)cc1. The summed E-state index contributed by atoms with van der Waals surface area (Å²) in [5, 5.41) is 3.03. The monoisotopic (exact) mass is 419 g/mol. The van der Waals surface area contributed by atoms with Gasteiger partial charge < -0.3 is 15.0 Å². The van der Waals surface area contributed by atoms with Gasteiger partial charge in [-0.05, 0) is 50.8 Å². The molecule has 0 aliphatic carbocycles. The zero-order valence-corrected chi connectivity index (χ0v) is 18.1. The lowest BCUT2D eigenvalue weighted by Gasteiger charge is -2.23. The van der Waals surface area contributed by atoms with Gasteiger partial charge in [0, 0.05) is 25.3 Å². The van der Waals surface area contributed by atoms with E-state index in [1.165, 1.54) is 31.4 Å². The first kappa shape index (κ1) is 23.0. The van der Waals surface area contributed by atoms with Crippen molar-refractivity contribution < 1.29 is 17.9 Å². The van der Waals surface area contributed by atoms with E-state index in [1.807, 2.05) is 49.3 Å². The van der Waals surface area contributed by atoms with Crippen LogP contribution in [0, 0.1) is 0 Å². The molecule has 2 aromatic carbocycles. The summed E-state index contributed by atoms with van der Waals surface area (Å²) in [6.45, 7) is 2.63. The first-order chi connectivity index (χ1) is 13.7. The highest BCUT2D eigenvalue weighted by Gasteiger charge is 2.19. The summed E-state index contributed by atoms with van der Waals surface area (Å²) in [7, 11) is 1.72. The largest absolute Gasteiger partial charge is 0.383 e. The molecule has 0 radical (unpaired) electrons. The molecule has 1 amide bonds. The highest BCUT2D eigenvalue weighted by Crippen LogP contribution is 2.16. The molecule has 2 N–H and O–H groups in total. The van der Waals surface area contributed by atoms with Gasteiger partial charge in [-0.25, -0.2) is 13.1 Å². The Balaban J connectivity index is 2.12. The van der Waals surface area contributed by atoms with Crippen molar-refractivity contribution in [3.8, 4) is 0 Å². The highest BCUT2D eigenvalue weighted by molar-refractivity contribution is 7.89. The summed E-state index contributed by atoms with van der Waals surface area (Å²) >= 11 is 0. The maximum Gasteiger partial charge on any atom is 0.251 e. The summed E-state index contributed by atoms with van der Waals surface area (Å²) in [6.07, 6.45) is 0.